The minimum atomic E-state index is -0.266. The van der Waals surface area contributed by atoms with Crippen LogP contribution in [0.5, 0.6) is 0 Å². The van der Waals surface area contributed by atoms with Crippen molar-refractivity contribution in [1.82, 2.24) is 20.0 Å². The van der Waals surface area contributed by atoms with Crippen LogP contribution < -0.4 is 10.9 Å². The van der Waals surface area contributed by atoms with E-state index in [4.69, 9.17) is 0 Å². The summed E-state index contributed by atoms with van der Waals surface area (Å²) in [5.74, 6) is -0.722. The summed E-state index contributed by atoms with van der Waals surface area (Å²) in [6, 6.07) is 9.36. The molecule has 1 aliphatic rings. The third-order valence-corrected chi connectivity index (χ3v) is 5.33. The number of aryl methyl sites for hydroxylation is 1. The fraction of sp³-hybridized carbons (Fsp3) is 0.455. The molecule has 0 atom stereocenters. The van der Waals surface area contributed by atoms with Crippen LogP contribution in [-0.2, 0) is 17.8 Å². The van der Waals surface area contributed by atoms with Crippen molar-refractivity contribution in [2.24, 2.45) is 5.92 Å². The minimum Gasteiger partial charge on any atom is -0.356 e. The van der Waals surface area contributed by atoms with Gasteiger partial charge in [0.1, 0.15) is 11.5 Å². The van der Waals surface area contributed by atoms with Crippen LogP contribution in [0.2, 0.25) is 0 Å². The van der Waals surface area contributed by atoms with Gasteiger partial charge in [0.25, 0.3) is 11.5 Å². The summed E-state index contributed by atoms with van der Waals surface area (Å²) in [5, 5.41) is 7.04. The number of amides is 2. The Labute approximate surface area is 174 Å². The lowest BCUT2D eigenvalue weighted by molar-refractivity contribution is -0.126. The largest absolute Gasteiger partial charge is 0.356 e. The van der Waals surface area contributed by atoms with Gasteiger partial charge in [0, 0.05) is 38.2 Å². The normalized spacial score (nSPS) is 14.5. The summed E-state index contributed by atoms with van der Waals surface area (Å²) in [6.45, 7) is 3.70. The van der Waals surface area contributed by atoms with E-state index in [1.54, 1.807) is 23.1 Å². The molecule has 1 aromatic heterocycles. The molecule has 0 bridgehead atoms. The summed E-state index contributed by atoms with van der Waals surface area (Å²) in [6.07, 6.45) is 2.31. The number of carbonyl (C=O) groups excluding carboxylic acids is 2. The van der Waals surface area contributed by atoms with Crippen molar-refractivity contribution in [3.05, 3.63) is 63.8 Å². The molecule has 1 aliphatic heterocycles. The number of aromatic nitrogens is 2. The number of benzene rings is 1. The molecule has 0 unspecified atom stereocenters. The number of nitrogens with zero attached hydrogens (tertiary/aromatic N) is 3. The molecule has 160 valence electrons. The molecule has 0 radical (unpaired) electrons. The van der Waals surface area contributed by atoms with E-state index in [1.807, 2.05) is 6.92 Å². The van der Waals surface area contributed by atoms with Crippen molar-refractivity contribution in [2.45, 2.75) is 39.2 Å². The summed E-state index contributed by atoms with van der Waals surface area (Å²) in [7, 11) is 0. The SMILES string of the molecule is CCCn1nc(C(=O)N2CCC(C(=O)NCCc3ccccc3F)CC2)ccc1=O. The van der Waals surface area contributed by atoms with Crippen LogP contribution >= 0.6 is 0 Å². The Bertz CT molecular complexity index is 951. The van der Waals surface area contributed by atoms with E-state index in [1.165, 1.54) is 22.9 Å². The molecule has 0 saturated carbocycles. The molecule has 2 amide bonds. The summed E-state index contributed by atoms with van der Waals surface area (Å²) < 4.78 is 15.0. The molecule has 2 heterocycles. The summed E-state index contributed by atoms with van der Waals surface area (Å²) in [5.41, 5.74) is 0.602. The van der Waals surface area contributed by atoms with E-state index in [9.17, 15) is 18.8 Å². The molecule has 1 N–H and O–H groups in total. The number of piperidine rings is 1. The van der Waals surface area contributed by atoms with Crippen LogP contribution in [0.1, 0.15) is 42.2 Å². The number of hydrogen-bond acceptors (Lipinski definition) is 4. The van der Waals surface area contributed by atoms with Gasteiger partial charge in [0.2, 0.25) is 5.91 Å². The molecule has 1 fully saturated rings. The lowest BCUT2D eigenvalue weighted by atomic mass is 9.95. The average molecular weight is 414 g/mol. The Morgan fingerprint density at radius 1 is 1.17 bits per heavy atom. The highest BCUT2D eigenvalue weighted by Crippen LogP contribution is 2.19. The van der Waals surface area contributed by atoms with Crippen LogP contribution in [0.15, 0.2) is 41.2 Å². The standard InChI is InChI=1S/C22H27FN4O3/c1-2-13-27-20(28)8-7-19(25-27)22(30)26-14-10-17(11-15-26)21(29)24-12-9-16-5-3-4-6-18(16)23/h3-8,17H,2,9-15H2,1H3,(H,24,29). The lowest BCUT2D eigenvalue weighted by Crippen LogP contribution is -2.44. The van der Waals surface area contributed by atoms with Gasteiger partial charge in [-0.15, -0.1) is 0 Å². The van der Waals surface area contributed by atoms with Crippen molar-refractivity contribution in [3.8, 4) is 0 Å². The van der Waals surface area contributed by atoms with E-state index in [0.717, 1.165) is 6.42 Å². The smallest absolute Gasteiger partial charge is 0.274 e. The van der Waals surface area contributed by atoms with Crippen molar-refractivity contribution in [1.29, 1.82) is 0 Å². The second kappa shape index (κ2) is 10.1. The first-order valence-electron chi connectivity index (χ1n) is 10.4. The van der Waals surface area contributed by atoms with Crippen LogP contribution in [0, 0.1) is 11.7 Å². The van der Waals surface area contributed by atoms with Gasteiger partial charge >= 0.3 is 0 Å². The molecule has 0 aliphatic carbocycles. The Hall–Kier alpha value is -3.03. The Kier molecular flexibility index (Phi) is 7.32. The predicted octanol–water partition coefficient (Wildman–Crippen LogP) is 2.00. The molecule has 2 aromatic rings. The number of halogens is 1. The van der Waals surface area contributed by atoms with Gasteiger partial charge in [-0.05, 0) is 43.4 Å². The maximum atomic E-state index is 13.6. The first-order valence-corrected chi connectivity index (χ1v) is 10.4. The molecule has 1 aromatic carbocycles. The number of hydrogen-bond donors (Lipinski definition) is 1. The number of nitrogens with one attached hydrogen (secondary N) is 1. The molecule has 7 nitrogen and oxygen atoms in total. The average Bonchev–Trinajstić information content (AvgIpc) is 2.76. The van der Waals surface area contributed by atoms with Crippen molar-refractivity contribution >= 4 is 11.8 Å². The van der Waals surface area contributed by atoms with Gasteiger partial charge in [0.15, 0.2) is 0 Å². The minimum absolute atomic E-state index is 0.0620. The zero-order valence-corrected chi connectivity index (χ0v) is 17.1. The molecule has 0 spiro atoms. The Morgan fingerprint density at radius 3 is 2.60 bits per heavy atom. The van der Waals surface area contributed by atoms with Gasteiger partial charge < -0.3 is 10.2 Å². The van der Waals surface area contributed by atoms with Crippen LogP contribution in [0.4, 0.5) is 4.39 Å². The number of rotatable bonds is 7. The second-order valence-electron chi connectivity index (χ2n) is 7.48. The molecular formula is C22H27FN4O3. The van der Waals surface area contributed by atoms with Crippen molar-refractivity contribution in [2.75, 3.05) is 19.6 Å². The van der Waals surface area contributed by atoms with Gasteiger partial charge in [-0.2, -0.15) is 5.10 Å². The second-order valence-corrected chi connectivity index (χ2v) is 7.48. The first-order chi connectivity index (χ1) is 14.5. The van der Waals surface area contributed by atoms with Gasteiger partial charge in [0.05, 0.1) is 0 Å². The molecule has 8 heteroatoms. The maximum Gasteiger partial charge on any atom is 0.274 e. The third-order valence-electron chi connectivity index (χ3n) is 5.33. The fourth-order valence-electron chi connectivity index (χ4n) is 3.61. The first kappa shape index (κ1) is 21.7. The van der Waals surface area contributed by atoms with Crippen LogP contribution in [-0.4, -0.2) is 46.1 Å². The van der Waals surface area contributed by atoms with Gasteiger partial charge in [-0.25, -0.2) is 9.07 Å². The third kappa shape index (κ3) is 5.31. The number of carbonyl (C=O) groups is 2. The molecule has 1 saturated heterocycles. The van der Waals surface area contributed by atoms with Crippen molar-refractivity contribution < 1.29 is 14.0 Å². The highest BCUT2D eigenvalue weighted by Gasteiger charge is 2.28. The van der Waals surface area contributed by atoms with Crippen LogP contribution in [0.3, 0.4) is 0 Å². The van der Waals surface area contributed by atoms with Gasteiger partial charge in [-0.1, -0.05) is 25.1 Å². The highest BCUT2D eigenvalue weighted by atomic mass is 19.1. The maximum absolute atomic E-state index is 13.6. The van der Waals surface area contributed by atoms with Crippen LogP contribution in [0.25, 0.3) is 0 Å². The Morgan fingerprint density at radius 2 is 1.90 bits per heavy atom. The lowest BCUT2D eigenvalue weighted by Gasteiger charge is -2.31. The van der Waals surface area contributed by atoms with Crippen molar-refractivity contribution in [3.63, 3.8) is 0 Å². The number of likely N-dealkylation sites (tertiary alicyclic amines) is 1. The zero-order chi connectivity index (χ0) is 21.5. The topological polar surface area (TPSA) is 84.3 Å². The van der Waals surface area contributed by atoms with E-state index in [0.29, 0.717) is 51.0 Å². The zero-order valence-electron chi connectivity index (χ0n) is 17.1. The summed E-state index contributed by atoms with van der Waals surface area (Å²) in [4.78, 5) is 38.6. The highest BCUT2D eigenvalue weighted by molar-refractivity contribution is 5.92. The monoisotopic (exact) mass is 414 g/mol. The Balaban J connectivity index is 1.48. The van der Waals surface area contributed by atoms with Gasteiger partial charge in [-0.3, -0.25) is 14.4 Å². The van der Waals surface area contributed by atoms with E-state index in [-0.39, 0.29) is 34.8 Å². The quantitative estimate of drug-likeness (QED) is 0.751. The molecule has 3 rings (SSSR count). The van der Waals surface area contributed by atoms with E-state index < -0.39 is 0 Å². The molecular weight excluding hydrogens is 387 g/mol. The summed E-state index contributed by atoms with van der Waals surface area (Å²) >= 11 is 0. The molecule has 30 heavy (non-hydrogen) atoms. The van der Waals surface area contributed by atoms with E-state index >= 15 is 0 Å². The fourth-order valence-corrected chi connectivity index (χ4v) is 3.61. The van der Waals surface area contributed by atoms with E-state index in [2.05, 4.69) is 10.4 Å². The predicted molar refractivity (Wildman–Crippen MR) is 111 cm³/mol.